The van der Waals surface area contributed by atoms with Crippen LogP contribution in [-0.2, 0) is 11.2 Å². The normalized spacial score (nSPS) is 18.7. The Morgan fingerprint density at radius 1 is 0.886 bits per heavy atom. The molecule has 2 amide bonds. The molecule has 0 spiro atoms. The molecule has 0 N–H and O–H groups in total. The highest BCUT2D eigenvalue weighted by Gasteiger charge is 2.32. The van der Waals surface area contributed by atoms with Gasteiger partial charge in [0.25, 0.3) is 5.91 Å². The second-order valence-electron chi connectivity index (χ2n) is 9.01. The average molecular weight is 496 g/mol. The van der Waals surface area contributed by atoms with Crippen molar-refractivity contribution in [3.63, 3.8) is 0 Å². The van der Waals surface area contributed by atoms with Gasteiger partial charge in [0.05, 0.1) is 12.6 Å². The van der Waals surface area contributed by atoms with E-state index in [0.717, 1.165) is 24.1 Å². The van der Waals surface area contributed by atoms with Crippen molar-refractivity contribution < 1.29 is 18.4 Å². The molecule has 5 nitrogen and oxygen atoms in total. The summed E-state index contributed by atoms with van der Waals surface area (Å²) in [5, 5.41) is 2.06. The Kier molecular flexibility index (Phi) is 6.92. The van der Waals surface area contributed by atoms with Crippen molar-refractivity contribution in [1.82, 2.24) is 14.7 Å². The van der Waals surface area contributed by atoms with Crippen LogP contribution in [0.5, 0.6) is 0 Å². The van der Waals surface area contributed by atoms with E-state index in [1.807, 2.05) is 11.0 Å². The molecule has 1 atom stereocenters. The van der Waals surface area contributed by atoms with Crippen molar-refractivity contribution in [2.24, 2.45) is 0 Å². The van der Waals surface area contributed by atoms with Crippen molar-refractivity contribution in [1.29, 1.82) is 0 Å². The highest BCUT2D eigenvalue weighted by atomic mass is 32.1. The number of benzene rings is 2. The Labute approximate surface area is 207 Å². The van der Waals surface area contributed by atoms with Crippen LogP contribution in [0.25, 0.3) is 0 Å². The summed E-state index contributed by atoms with van der Waals surface area (Å²) >= 11 is 1.70. The lowest BCUT2D eigenvalue weighted by atomic mass is 9.93. The first-order chi connectivity index (χ1) is 17.0. The fourth-order valence-electron chi connectivity index (χ4n) is 5.05. The molecule has 0 aliphatic carbocycles. The van der Waals surface area contributed by atoms with E-state index in [4.69, 9.17) is 0 Å². The third-order valence-electron chi connectivity index (χ3n) is 6.78. The zero-order chi connectivity index (χ0) is 24.4. The molecule has 0 radical (unpaired) electrons. The van der Waals surface area contributed by atoms with Crippen LogP contribution in [0.15, 0.2) is 60.0 Å². The van der Waals surface area contributed by atoms with Gasteiger partial charge in [0.1, 0.15) is 11.6 Å². The van der Waals surface area contributed by atoms with Gasteiger partial charge in [-0.15, -0.1) is 11.3 Å². The fraction of sp³-hybridized carbons (Fsp3) is 0.333. The molecule has 0 unspecified atom stereocenters. The summed E-state index contributed by atoms with van der Waals surface area (Å²) in [4.78, 5) is 33.1. The van der Waals surface area contributed by atoms with Crippen molar-refractivity contribution in [3.8, 4) is 0 Å². The minimum atomic E-state index is -0.439. The molecule has 8 heteroatoms. The second kappa shape index (κ2) is 10.3. The quantitative estimate of drug-likeness (QED) is 0.541. The summed E-state index contributed by atoms with van der Waals surface area (Å²) < 4.78 is 27.6. The number of nitrogens with zero attached hydrogens (tertiary/aromatic N) is 3. The maximum Gasteiger partial charge on any atom is 0.254 e. The lowest BCUT2D eigenvalue weighted by Gasteiger charge is -2.37. The Morgan fingerprint density at radius 2 is 1.63 bits per heavy atom. The van der Waals surface area contributed by atoms with Gasteiger partial charge in [-0.1, -0.05) is 18.2 Å². The Balaban J connectivity index is 1.28. The molecule has 5 rings (SSSR count). The number of carbonyl (C=O) groups is 2. The summed E-state index contributed by atoms with van der Waals surface area (Å²) in [5.41, 5.74) is 2.31. The number of hydrogen-bond acceptors (Lipinski definition) is 4. The molecule has 1 fully saturated rings. The van der Waals surface area contributed by atoms with Gasteiger partial charge in [0, 0.05) is 43.2 Å². The van der Waals surface area contributed by atoms with Crippen LogP contribution in [0.4, 0.5) is 8.78 Å². The van der Waals surface area contributed by atoms with Gasteiger partial charge in [-0.3, -0.25) is 14.5 Å². The van der Waals surface area contributed by atoms with Gasteiger partial charge >= 0.3 is 0 Å². The van der Waals surface area contributed by atoms with E-state index in [0.29, 0.717) is 38.2 Å². The third kappa shape index (κ3) is 5.13. The number of carbonyl (C=O) groups excluding carboxylic acids is 2. The number of thiophene rings is 1. The monoisotopic (exact) mass is 495 g/mol. The van der Waals surface area contributed by atoms with Crippen LogP contribution < -0.4 is 0 Å². The maximum atomic E-state index is 14.1. The van der Waals surface area contributed by atoms with E-state index < -0.39 is 5.82 Å². The summed E-state index contributed by atoms with van der Waals surface area (Å²) in [6, 6.07) is 14.2. The topological polar surface area (TPSA) is 43.9 Å². The van der Waals surface area contributed by atoms with E-state index in [9.17, 15) is 18.4 Å². The van der Waals surface area contributed by atoms with Crippen molar-refractivity contribution in [2.75, 3.05) is 39.3 Å². The Morgan fingerprint density at radius 3 is 2.43 bits per heavy atom. The molecule has 2 aromatic carbocycles. The fourth-order valence-corrected chi connectivity index (χ4v) is 5.96. The molecule has 2 aliphatic heterocycles. The zero-order valence-corrected chi connectivity index (χ0v) is 20.1. The molecule has 0 bridgehead atoms. The Bertz CT molecular complexity index is 1230. The zero-order valence-electron chi connectivity index (χ0n) is 19.3. The Hall–Kier alpha value is -3.10. The van der Waals surface area contributed by atoms with Gasteiger partial charge in [0.2, 0.25) is 5.91 Å². The van der Waals surface area contributed by atoms with Gasteiger partial charge < -0.3 is 9.80 Å². The molecule has 35 heavy (non-hydrogen) atoms. The van der Waals surface area contributed by atoms with Gasteiger partial charge in [-0.25, -0.2) is 8.78 Å². The second-order valence-corrected chi connectivity index (χ2v) is 10.0. The highest BCUT2D eigenvalue weighted by molar-refractivity contribution is 7.10. The van der Waals surface area contributed by atoms with Crippen LogP contribution in [-0.4, -0.2) is 65.8 Å². The number of hydrogen-bond donors (Lipinski definition) is 0. The number of amides is 2. The lowest BCUT2D eigenvalue weighted by Crippen LogP contribution is -2.45. The largest absolute Gasteiger partial charge is 0.340 e. The molecule has 1 saturated heterocycles. The first-order valence-corrected chi connectivity index (χ1v) is 12.8. The van der Waals surface area contributed by atoms with Gasteiger partial charge in [-0.2, -0.15) is 0 Å². The summed E-state index contributed by atoms with van der Waals surface area (Å²) in [5.74, 6) is -0.937. The molecule has 182 valence electrons. The van der Waals surface area contributed by atoms with E-state index in [-0.39, 0.29) is 30.2 Å². The first kappa shape index (κ1) is 23.6. The highest BCUT2D eigenvalue weighted by Crippen LogP contribution is 2.37. The minimum absolute atomic E-state index is 0.00476. The summed E-state index contributed by atoms with van der Waals surface area (Å²) in [7, 11) is 0. The van der Waals surface area contributed by atoms with Crippen molar-refractivity contribution in [3.05, 3.63) is 93.2 Å². The molecule has 0 saturated carbocycles. The predicted molar refractivity (Wildman–Crippen MR) is 131 cm³/mol. The minimum Gasteiger partial charge on any atom is -0.340 e. The van der Waals surface area contributed by atoms with Crippen LogP contribution >= 0.6 is 11.3 Å². The molecule has 3 heterocycles. The van der Waals surface area contributed by atoms with Crippen molar-refractivity contribution >= 4 is 23.2 Å². The molecular weight excluding hydrogens is 468 g/mol. The summed E-state index contributed by atoms with van der Waals surface area (Å²) in [6.45, 7) is 2.87. The smallest absolute Gasteiger partial charge is 0.254 e. The molecule has 2 aliphatic rings. The average Bonchev–Trinajstić information content (AvgIpc) is 3.19. The van der Waals surface area contributed by atoms with E-state index in [2.05, 4.69) is 16.3 Å². The number of halogens is 2. The lowest BCUT2D eigenvalue weighted by molar-refractivity contribution is -0.132. The van der Waals surface area contributed by atoms with E-state index in [1.54, 1.807) is 34.4 Å². The van der Waals surface area contributed by atoms with Crippen LogP contribution in [0.3, 0.4) is 0 Å². The first-order valence-electron chi connectivity index (χ1n) is 11.9. The van der Waals surface area contributed by atoms with Crippen molar-refractivity contribution in [2.45, 2.75) is 18.9 Å². The molecule has 1 aromatic heterocycles. The van der Waals surface area contributed by atoms with Crippen LogP contribution in [0, 0.1) is 11.6 Å². The van der Waals surface area contributed by atoms with E-state index in [1.165, 1.54) is 29.1 Å². The maximum absolute atomic E-state index is 14.1. The summed E-state index contributed by atoms with van der Waals surface area (Å²) in [6.07, 6.45) is 1.52. The SMILES string of the molecule is O=C(CN1CCc2sccc2[C@H]1c1cccc(F)c1)N1CCCN(C(=O)c2cccc(F)c2)CC1. The molecule has 3 aromatic rings. The van der Waals surface area contributed by atoms with Gasteiger partial charge in [-0.05, 0) is 65.7 Å². The number of fused-ring (bicyclic) bond motifs is 1. The van der Waals surface area contributed by atoms with Gasteiger partial charge in [0.15, 0.2) is 0 Å². The number of rotatable bonds is 4. The standard InChI is InChI=1S/C27H27F2N3O2S/c28-21-6-1-4-19(16-21)26-23-9-15-35-24(23)8-12-32(26)18-25(33)30-10-3-11-31(14-13-30)27(34)20-5-2-7-22(29)17-20/h1-2,4-7,9,15-17,26H,3,8,10-14,18H2/t26-/m1/s1. The van der Waals surface area contributed by atoms with Crippen LogP contribution in [0.1, 0.15) is 38.8 Å². The van der Waals surface area contributed by atoms with E-state index >= 15 is 0 Å². The molecular formula is C27H27F2N3O2S. The third-order valence-corrected chi connectivity index (χ3v) is 7.77. The van der Waals surface area contributed by atoms with Crippen LogP contribution in [0.2, 0.25) is 0 Å². The predicted octanol–water partition coefficient (Wildman–Crippen LogP) is 4.35.